The van der Waals surface area contributed by atoms with Crippen LogP contribution in [0.3, 0.4) is 0 Å². The standard InChI is InChI=1S/C39H66O14/c1-17(2)8-13-39(48)18(3)25-33(53-39)29(44)26-21-7-6-19-14-20(9-11-37(19,4)22(21)10-12-38(25,26)5)49-36-34(31(46)28(43)24(16-41)51-36)52-35-32(47)30(45)27(42)23(15-40)50-35/h17-36,40-48H,6-16H2,1-5H3/t18-,19+,20-,21+,22-,23+,24+,25-,26+,27+,28-,29-,30-,31-,32+,33+,34+,35-,36+,37-,38+,39+/m0/s1. The summed E-state index contributed by atoms with van der Waals surface area (Å²) in [4.78, 5) is 0. The normalized spacial score (nSPS) is 56.8. The van der Waals surface area contributed by atoms with Crippen molar-refractivity contribution in [1.82, 2.24) is 0 Å². The van der Waals surface area contributed by atoms with Gasteiger partial charge in [0.25, 0.3) is 0 Å². The lowest BCUT2D eigenvalue weighted by atomic mass is 9.44. The topological polar surface area (TPSA) is 228 Å². The first-order valence-corrected chi connectivity index (χ1v) is 20.3. The van der Waals surface area contributed by atoms with E-state index in [1.54, 1.807) is 0 Å². The van der Waals surface area contributed by atoms with E-state index in [1.807, 2.05) is 0 Å². The lowest BCUT2D eigenvalue weighted by Gasteiger charge is -2.61. The van der Waals surface area contributed by atoms with Crippen molar-refractivity contribution in [2.24, 2.45) is 52.3 Å². The van der Waals surface area contributed by atoms with Gasteiger partial charge in [0.05, 0.1) is 31.5 Å². The molecule has 0 amide bonds. The van der Waals surface area contributed by atoms with Crippen LogP contribution < -0.4 is 0 Å². The molecular weight excluding hydrogens is 692 g/mol. The summed E-state index contributed by atoms with van der Waals surface area (Å²) >= 11 is 0. The summed E-state index contributed by atoms with van der Waals surface area (Å²) in [5.41, 5.74) is -0.117. The van der Waals surface area contributed by atoms with Crippen LogP contribution in [0.1, 0.15) is 92.4 Å². The fourth-order valence-electron chi connectivity index (χ4n) is 12.7. The maximum absolute atomic E-state index is 12.0. The molecule has 0 aromatic carbocycles. The molecule has 4 saturated carbocycles. The van der Waals surface area contributed by atoms with E-state index in [2.05, 4.69) is 34.6 Å². The van der Waals surface area contributed by atoms with E-state index in [0.717, 1.165) is 38.5 Å². The molecule has 53 heavy (non-hydrogen) atoms. The minimum Gasteiger partial charge on any atom is -0.394 e. The molecule has 22 atom stereocenters. The van der Waals surface area contributed by atoms with Crippen LogP contribution in [0.5, 0.6) is 0 Å². The Morgan fingerprint density at radius 1 is 0.717 bits per heavy atom. The molecule has 7 rings (SSSR count). The minimum absolute atomic E-state index is 0.00892. The maximum Gasteiger partial charge on any atom is 0.187 e. The molecule has 0 bridgehead atoms. The second-order valence-corrected chi connectivity index (χ2v) is 18.8. The highest BCUT2D eigenvalue weighted by atomic mass is 16.8. The number of hydrogen-bond donors (Lipinski definition) is 9. The van der Waals surface area contributed by atoms with Gasteiger partial charge in [-0.2, -0.15) is 0 Å². The van der Waals surface area contributed by atoms with Crippen molar-refractivity contribution in [3.8, 4) is 0 Å². The molecule has 0 spiro atoms. The van der Waals surface area contributed by atoms with E-state index < -0.39 is 86.5 Å². The zero-order valence-corrected chi connectivity index (χ0v) is 31.9. The number of aliphatic hydroxyl groups excluding tert-OH is 8. The van der Waals surface area contributed by atoms with E-state index in [-0.39, 0.29) is 40.8 Å². The molecule has 7 fully saturated rings. The summed E-state index contributed by atoms with van der Waals surface area (Å²) in [5, 5.41) is 96.3. The summed E-state index contributed by atoms with van der Waals surface area (Å²) in [5.74, 6) is 0.445. The Kier molecular flexibility index (Phi) is 11.5. The van der Waals surface area contributed by atoms with Crippen molar-refractivity contribution in [1.29, 1.82) is 0 Å². The Hall–Kier alpha value is -0.560. The molecule has 14 heteroatoms. The number of ether oxygens (including phenoxy) is 5. The smallest absolute Gasteiger partial charge is 0.187 e. The lowest BCUT2D eigenvalue weighted by molar-refractivity contribution is -0.373. The molecule has 0 aromatic heterocycles. The summed E-state index contributed by atoms with van der Waals surface area (Å²) in [6, 6.07) is 0. The third kappa shape index (κ3) is 6.66. The van der Waals surface area contributed by atoms with Crippen molar-refractivity contribution in [2.45, 2.75) is 178 Å². The highest BCUT2D eigenvalue weighted by molar-refractivity contribution is 5.18. The molecule has 0 aromatic rings. The number of rotatable bonds is 9. The molecule has 306 valence electrons. The van der Waals surface area contributed by atoms with Crippen molar-refractivity contribution in [3.63, 3.8) is 0 Å². The van der Waals surface area contributed by atoms with Gasteiger partial charge in [-0.1, -0.05) is 34.6 Å². The van der Waals surface area contributed by atoms with Crippen molar-refractivity contribution in [2.75, 3.05) is 13.2 Å². The third-order valence-electron chi connectivity index (χ3n) is 15.7. The van der Waals surface area contributed by atoms with E-state index in [0.29, 0.717) is 42.9 Å². The average molecular weight is 759 g/mol. The fourth-order valence-corrected chi connectivity index (χ4v) is 12.7. The second-order valence-electron chi connectivity index (χ2n) is 18.8. The van der Waals surface area contributed by atoms with Crippen LogP contribution in [0.15, 0.2) is 0 Å². The fraction of sp³-hybridized carbons (Fsp3) is 1.00. The van der Waals surface area contributed by atoms with Crippen LogP contribution in [-0.4, -0.2) is 145 Å². The van der Waals surface area contributed by atoms with Gasteiger partial charge in [-0.15, -0.1) is 0 Å². The van der Waals surface area contributed by atoms with Crippen molar-refractivity contribution >= 4 is 0 Å². The highest BCUT2D eigenvalue weighted by Gasteiger charge is 2.71. The van der Waals surface area contributed by atoms with Crippen LogP contribution in [0, 0.1) is 52.3 Å². The molecule has 9 N–H and O–H groups in total. The maximum atomic E-state index is 12.0. The first-order valence-electron chi connectivity index (χ1n) is 20.3. The quantitative estimate of drug-likeness (QED) is 0.145. The minimum atomic E-state index is -1.74. The van der Waals surface area contributed by atoms with Gasteiger partial charge in [-0.3, -0.25) is 0 Å². The molecule has 14 nitrogen and oxygen atoms in total. The predicted molar refractivity (Wildman–Crippen MR) is 186 cm³/mol. The Morgan fingerprint density at radius 3 is 2.02 bits per heavy atom. The Balaban J connectivity index is 1.04. The van der Waals surface area contributed by atoms with Gasteiger partial charge in [0.2, 0.25) is 0 Å². The van der Waals surface area contributed by atoms with Crippen LogP contribution in [0.25, 0.3) is 0 Å². The molecule has 3 heterocycles. The largest absolute Gasteiger partial charge is 0.394 e. The van der Waals surface area contributed by atoms with E-state index >= 15 is 0 Å². The van der Waals surface area contributed by atoms with E-state index in [1.165, 1.54) is 0 Å². The van der Waals surface area contributed by atoms with Gasteiger partial charge < -0.3 is 69.6 Å². The monoisotopic (exact) mass is 758 g/mol. The molecule has 0 radical (unpaired) electrons. The van der Waals surface area contributed by atoms with Crippen molar-refractivity contribution in [3.05, 3.63) is 0 Å². The summed E-state index contributed by atoms with van der Waals surface area (Å²) in [7, 11) is 0. The van der Waals surface area contributed by atoms with Gasteiger partial charge in [0.15, 0.2) is 18.4 Å². The molecule has 4 aliphatic carbocycles. The van der Waals surface area contributed by atoms with Gasteiger partial charge in [0.1, 0.15) is 48.8 Å². The molecule has 7 aliphatic rings. The van der Waals surface area contributed by atoms with Crippen LogP contribution in [0.4, 0.5) is 0 Å². The lowest BCUT2D eigenvalue weighted by Crippen LogP contribution is -2.65. The van der Waals surface area contributed by atoms with E-state index in [9.17, 15) is 46.0 Å². The second kappa shape index (κ2) is 15.0. The SMILES string of the molecule is CC(C)CC[C@@]1(O)O[C@H]2[C@@H](O)[C@H]3[C@@H]4CC[C@@H]5C[C@@H](O[C@@H]6O[C@H](CO)[C@H](O)[C@H](O)[C@H]6O[C@@H]6O[C@H](CO)[C@@H](O)[C@H](O)[C@H]6O)CC[C@]5(C)[C@H]4CC[C@]3(C)[C@H]2[C@@H]1C. The van der Waals surface area contributed by atoms with Crippen LogP contribution >= 0.6 is 0 Å². The van der Waals surface area contributed by atoms with Gasteiger partial charge >= 0.3 is 0 Å². The Morgan fingerprint density at radius 2 is 1.36 bits per heavy atom. The molecule has 0 unspecified atom stereocenters. The van der Waals surface area contributed by atoms with Crippen LogP contribution in [0.2, 0.25) is 0 Å². The van der Waals surface area contributed by atoms with Crippen molar-refractivity contribution < 1.29 is 69.6 Å². The first kappa shape index (κ1) is 40.6. The first-order chi connectivity index (χ1) is 25.0. The molecule has 3 aliphatic heterocycles. The summed E-state index contributed by atoms with van der Waals surface area (Å²) < 4.78 is 30.4. The number of aliphatic hydroxyl groups is 9. The van der Waals surface area contributed by atoms with Gasteiger partial charge in [-0.05, 0) is 91.8 Å². The van der Waals surface area contributed by atoms with Gasteiger partial charge in [0, 0.05) is 18.3 Å². The highest BCUT2D eigenvalue weighted by Crippen LogP contribution is 2.71. The predicted octanol–water partition coefficient (Wildman–Crippen LogP) is 0.395. The Bertz CT molecular complexity index is 1270. The third-order valence-corrected chi connectivity index (χ3v) is 15.7. The van der Waals surface area contributed by atoms with Gasteiger partial charge in [-0.25, -0.2) is 0 Å². The number of fused-ring (bicyclic) bond motifs is 7. The molecule has 3 saturated heterocycles. The number of hydrogen-bond acceptors (Lipinski definition) is 14. The molecular formula is C39H66O14. The zero-order chi connectivity index (χ0) is 38.4. The average Bonchev–Trinajstić information content (AvgIpc) is 3.52. The summed E-state index contributed by atoms with van der Waals surface area (Å²) in [6.07, 6.45) is -8.50. The Labute approximate surface area is 312 Å². The van der Waals surface area contributed by atoms with Crippen LogP contribution in [-0.2, 0) is 23.7 Å². The van der Waals surface area contributed by atoms with E-state index in [4.69, 9.17) is 23.7 Å². The summed E-state index contributed by atoms with van der Waals surface area (Å²) in [6.45, 7) is 9.90. The zero-order valence-electron chi connectivity index (χ0n) is 31.9.